The second-order valence-corrected chi connectivity index (χ2v) is 10.3. The van der Waals surface area contributed by atoms with Gasteiger partial charge in [-0.2, -0.15) is 26.3 Å². The van der Waals surface area contributed by atoms with E-state index in [0.717, 1.165) is 37.4 Å². The van der Waals surface area contributed by atoms with E-state index in [0.29, 0.717) is 25.0 Å². The summed E-state index contributed by atoms with van der Waals surface area (Å²) < 4.78 is 130. The number of hydrogen-bond acceptors (Lipinski definition) is 7. The number of fused-ring (bicyclic) bond motifs is 1. The zero-order valence-corrected chi connectivity index (χ0v) is 22.6. The molecule has 0 bridgehead atoms. The molecule has 0 spiro atoms. The van der Waals surface area contributed by atoms with Crippen molar-refractivity contribution in [1.82, 2.24) is 10.3 Å². The molecule has 16 heteroatoms. The van der Waals surface area contributed by atoms with Gasteiger partial charge in [0.2, 0.25) is 5.60 Å². The number of nitrogens with zero attached hydrogens (tertiary/aromatic N) is 1. The SMILES string of the molecule is COc1cc(C(=O)NC[C@](O)(c2cc3c(c(-c4ccc(F)cc4)n2)OC[C@@]3(N)C(F)(F)F)C(F)(F)F)cc(F)c1OC1CC1. The number of carbonyl (C=O) groups excluding carboxylic acids is 1. The predicted octanol–water partition coefficient (Wildman–Crippen LogP) is 4.87. The zero-order chi connectivity index (χ0) is 32.2. The standard InChI is InChI=1S/C28H23F8N3O5/c1-42-19-9-14(8-18(30)23(19)44-16-6-7-16)24(40)38-11-26(41,28(34,35)36)20-10-17-22(43-12-25(17,37)27(31,32)33)21(39-20)13-2-4-15(29)5-3-13/h2-5,8-10,16,41H,6-7,11-12,37H2,1H3,(H,38,40)/t25-,26-/m0/s1. The van der Waals surface area contributed by atoms with E-state index in [4.69, 9.17) is 19.9 Å². The molecule has 236 valence electrons. The Bertz CT molecular complexity index is 1590. The summed E-state index contributed by atoms with van der Waals surface area (Å²) in [5, 5.41) is 12.8. The third-order valence-electron chi connectivity index (χ3n) is 7.22. The van der Waals surface area contributed by atoms with Gasteiger partial charge < -0.3 is 30.4 Å². The maximum absolute atomic E-state index is 14.7. The van der Waals surface area contributed by atoms with Crippen molar-refractivity contribution in [2.75, 3.05) is 20.3 Å². The number of hydrogen-bond donors (Lipinski definition) is 3. The zero-order valence-electron chi connectivity index (χ0n) is 22.6. The van der Waals surface area contributed by atoms with Gasteiger partial charge in [-0.1, -0.05) is 0 Å². The van der Waals surface area contributed by atoms with E-state index in [1.54, 1.807) is 0 Å². The first kappa shape index (κ1) is 31.3. The van der Waals surface area contributed by atoms with Gasteiger partial charge in [-0.25, -0.2) is 13.8 Å². The Labute approximate surface area is 243 Å². The van der Waals surface area contributed by atoms with Crippen molar-refractivity contribution < 1.29 is 59.2 Å². The maximum Gasteiger partial charge on any atom is 0.424 e. The van der Waals surface area contributed by atoms with Crippen LogP contribution in [0, 0.1) is 11.6 Å². The summed E-state index contributed by atoms with van der Waals surface area (Å²) >= 11 is 0. The average Bonchev–Trinajstić information content (AvgIpc) is 3.71. The van der Waals surface area contributed by atoms with Gasteiger partial charge in [-0.3, -0.25) is 4.79 Å². The van der Waals surface area contributed by atoms with E-state index in [9.17, 15) is 45.0 Å². The minimum absolute atomic E-state index is 0.152. The molecule has 2 heterocycles. The molecule has 3 aromatic rings. The number of benzene rings is 2. The molecule has 0 radical (unpaired) electrons. The van der Waals surface area contributed by atoms with Crippen LogP contribution in [0.4, 0.5) is 35.1 Å². The summed E-state index contributed by atoms with van der Waals surface area (Å²) in [6.07, 6.45) is -9.78. The molecule has 1 aromatic heterocycles. The Morgan fingerprint density at radius 2 is 1.77 bits per heavy atom. The number of carbonyl (C=O) groups is 1. The smallest absolute Gasteiger partial charge is 0.424 e. The number of alkyl halides is 6. The van der Waals surface area contributed by atoms with Crippen LogP contribution in [0.5, 0.6) is 17.2 Å². The second kappa shape index (κ2) is 10.8. The number of pyridine rings is 1. The maximum atomic E-state index is 14.7. The van der Waals surface area contributed by atoms with Gasteiger partial charge in [-0.05, 0) is 55.3 Å². The summed E-state index contributed by atoms with van der Waals surface area (Å²) in [5.41, 5.74) is -5.40. The largest absolute Gasteiger partial charge is 0.493 e. The lowest BCUT2D eigenvalue weighted by atomic mass is 9.87. The highest BCUT2D eigenvalue weighted by atomic mass is 19.4. The normalized spacial score (nSPS) is 19.5. The quantitative estimate of drug-likeness (QED) is 0.304. The summed E-state index contributed by atoms with van der Waals surface area (Å²) in [7, 11) is 1.15. The highest BCUT2D eigenvalue weighted by Gasteiger charge is 2.61. The van der Waals surface area contributed by atoms with Crippen LogP contribution in [0.1, 0.15) is 34.5 Å². The summed E-state index contributed by atoms with van der Waals surface area (Å²) in [6, 6.07) is 5.82. The molecule has 5 rings (SSSR count). The fourth-order valence-electron chi connectivity index (χ4n) is 4.49. The van der Waals surface area contributed by atoms with Crippen molar-refractivity contribution in [3.63, 3.8) is 0 Å². The van der Waals surface area contributed by atoms with Crippen LogP contribution in [-0.4, -0.2) is 54.7 Å². The predicted molar refractivity (Wildman–Crippen MR) is 136 cm³/mol. The third-order valence-corrected chi connectivity index (χ3v) is 7.22. The van der Waals surface area contributed by atoms with E-state index in [-0.39, 0.29) is 23.2 Å². The molecular formula is C28H23F8N3O5. The fourth-order valence-corrected chi connectivity index (χ4v) is 4.49. The molecule has 4 N–H and O–H groups in total. The number of rotatable bonds is 8. The van der Waals surface area contributed by atoms with Gasteiger partial charge in [0.1, 0.15) is 18.1 Å². The third kappa shape index (κ3) is 5.47. The molecule has 1 fully saturated rings. The molecule has 1 aliphatic heterocycles. The van der Waals surface area contributed by atoms with Crippen LogP contribution in [0.2, 0.25) is 0 Å². The van der Waals surface area contributed by atoms with Gasteiger partial charge in [0.15, 0.2) is 28.6 Å². The van der Waals surface area contributed by atoms with Gasteiger partial charge in [-0.15, -0.1) is 0 Å². The van der Waals surface area contributed by atoms with Gasteiger partial charge in [0.05, 0.1) is 25.5 Å². The highest BCUT2D eigenvalue weighted by Crippen LogP contribution is 2.51. The first-order valence-corrected chi connectivity index (χ1v) is 12.9. The molecule has 0 saturated heterocycles. The summed E-state index contributed by atoms with van der Waals surface area (Å²) in [5.74, 6) is -4.24. The van der Waals surface area contributed by atoms with E-state index in [1.165, 1.54) is 0 Å². The van der Waals surface area contributed by atoms with E-state index < -0.39 is 82.5 Å². The van der Waals surface area contributed by atoms with Crippen LogP contribution < -0.4 is 25.3 Å². The van der Waals surface area contributed by atoms with Crippen LogP contribution >= 0.6 is 0 Å². The molecule has 1 saturated carbocycles. The minimum Gasteiger partial charge on any atom is -0.493 e. The molecule has 0 unspecified atom stereocenters. The fraction of sp³-hybridized carbons (Fsp3) is 0.357. The van der Waals surface area contributed by atoms with E-state index >= 15 is 0 Å². The molecule has 1 amide bonds. The molecule has 2 atom stereocenters. The number of methoxy groups -OCH3 is 1. The Morgan fingerprint density at radius 1 is 1.11 bits per heavy atom. The minimum atomic E-state index is -5.64. The van der Waals surface area contributed by atoms with Crippen molar-refractivity contribution >= 4 is 5.91 Å². The van der Waals surface area contributed by atoms with Crippen molar-refractivity contribution in [2.45, 2.75) is 42.4 Å². The number of nitrogens with one attached hydrogen (secondary N) is 1. The Morgan fingerprint density at radius 3 is 2.34 bits per heavy atom. The number of halogens is 8. The molecule has 1 aliphatic carbocycles. The Kier molecular flexibility index (Phi) is 7.65. The van der Waals surface area contributed by atoms with Crippen molar-refractivity contribution in [1.29, 1.82) is 0 Å². The van der Waals surface area contributed by atoms with Crippen molar-refractivity contribution in [2.24, 2.45) is 5.73 Å². The molecule has 44 heavy (non-hydrogen) atoms. The lowest BCUT2D eigenvalue weighted by molar-refractivity contribution is -0.265. The topological polar surface area (TPSA) is 116 Å². The first-order valence-electron chi connectivity index (χ1n) is 12.9. The second-order valence-electron chi connectivity index (χ2n) is 10.3. The van der Waals surface area contributed by atoms with Gasteiger partial charge >= 0.3 is 12.4 Å². The van der Waals surface area contributed by atoms with Crippen molar-refractivity contribution in [3.8, 4) is 28.5 Å². The number of nitrogens with two attached hydrogens (primary N) is 1. The molecule has 8 nitrogen and oxygen atoms in total. The lowest BCUT2D eigenvalue weighted by Crippen LogP contribution is -2.53. The highest BCUT2D eigenvalue weighted by molar-refractivity contribution is 5.95. The summed E-state index contributed by atoms with van der Waals surface area (Å²) in [4.78, 5) is 16.6. The van der Waals surface area contributed by atoms with Crippen molar-refractivity contribution in [3.05, 3.63) is 70.9 Å². The number of aliphatic hydroxyl groups is 1. The number of ether oxygens (including phenoxy) is 3. The summed E-state index contributed by atoms with van der Waals surface area (Å²) in [6.45, 7) is -2.89. The van der Waals surface area contributed by atoms with E-state index in [1.807, 2.05) is 5.32 Å². The van der Waals surface area contributed by atoms with Crippen LogP contribution in [0.3, 0.4) is 0 Å². The first-order chi connectivity index (χ1) is 20.5. The molecule has 2 aliphatic rings. The Hall–Kier alpha value is -4.18. The van der Waals surface area contributed by atoms with Crippen LogP contribution in [0.25, 0.3) is 11.3 Å². The number of aromatic nitrogens is 1. The van der Waals surface area contributed by atoms with Crippen LogP contribution in [-0.2, 0) is 11.1 Å². The monoisotopic (exact) mass is 633 g/mol. The molecular weight excluding hydrogens is 610 g/mol. The number of amides is 1. The van der Waals surface area contributed by atoms with Crippen LogP contribution in [0.15, 0.2) is 42.5 Å². The Balaban J connectivity index is 1.56. The average molecular weight is 633 g/mol. The molecule has 2 aromatic carbocycles. The van der Waals surface area contributed by atoms with E-state index in [2.05, 4.69) is 4.98 Å². The lowest BCUT2D eigenvalue weighted by Gasteiger charge is -2.32. The van der Waals surface area contributed by atoms with Gasteiger partial charge in [0.25, 0.3) is 5.91 Å². The van der Waals surface area contributed by atoms with Gasteiger partial charge in [0, 0.05) is 16.7 Å².